The molecule has 3 rings (SSSR count). The molecule has 17 heavy (non-hydrogen) atoms. The molecule has 0 amide bonds. The van der Waals surface area contributed by atoms with Crippen LogP contribution < -0.4 is 3.58 Å². The molecule has 0 saturated carbocycles. The van der Waals surface area contributed by atoms with Crippen LogP contribution in [-0.2, 0) is 0 Å². The number of aromatic nitrogens is 2. The van der Waals surface area contributed by atoms with Gasteiger partial charge in [0.15, 0.2) is 0 Å². The van der Waals surface area contributed by atoms with Crippen molar-refractivity contribution in [1.29, 1.82) is 0 Å². The number of fused-ring (bicyclic) bond motifs is 1. The summed E-state index contributed by atoms with van der Waals surface area (Å²) in [5.41, 5.74) is 2.55. The van der Waals surface area contributed by atoms with Gasteiger partial charge in [-0.25, -0.2) is 0 Å². The Kier molecular flexibility index (Phi) is 2.84. The molecule has 3 heterocycles. The van der Waals surface area contributed by atoms with E-state index in [0.29, 0.717) is 5.15 Å². The Hall–Kier alpha value is -1.01. The number of hydrogen-bond acceptors (Lipinski definition) is 3. The van der Waals surface area contributed by atoms with Gasteiger partial charge in [0, 0.05) is 0 Å². The fourth-order valence-corrected chi connectivity index (χ4v) is 4.43. The van der Waals surface area contributed by atoms with E-state index in [1.165, 1.54) is 15.8 Å². The van der Waals surface area contributed by atoms with E-state index >= 15 is 0 Å². The van der Waals surface area contributed by atoms with E-state index in [1.807, 2.05) is 0 Å². The second kappa shape index (κ2) is 4.34. The molecular weight excluding hydrogens is 347 g/mol. The summed E-state index contributed by atoms with van der Waals surface area (Å²) in [6.45, 7) is 0. The maximum absolute atomic E-state index is 13.1. The van der Waals surface area contributed by atoms with Crippen molar-refractivity contribution in [1.82, 2.24) is 9.97 Å². The Morgan fingerprint density at radius 2 is 2.12 bits per heavy atom. The van der Waals surface area contributed by atoms with Gasteiger partial charge in [-0.3, -0.25) is 0 Å². The molecule has 82 valence electrons. The van der Waals surface area contributed by atoms with Gasteiger partial charge >= 0.3 is 113 Å². The van der Waals surface area contributed by atoms with Gasteiger partial charge in [-0.2, -0.15) is 0 Å². The number of halogens is 2. The maximum atomic E-state index is 13.1. The van der Waals surface area contributed by atoms with Gasteiger partial charge in [-0.15, -0.1) is 0 Å². The fourth-order valence-electron chi connectivity index (χ4n) is 1.66. The van der Waals surface area contributed by atoms with Crippen molar-refractivity contribution in [2.75, 3.05) is 0 Å². The molecule has 0 aliphatic carbocycles. The standard InChI is InChI=1S/C11H5ClFN3.Sn/c12-9-5-7(1-3-15-9)11(14)8-2-4-16-10(13)6-8;/h2-6H;/q-1;+1. The molecule has 0 N–H and O–H groups in total. The third-order valence-corrected chi connectivity index (χ3v) is 5.40. The van der Waals surface area contributed by atoms with Crippen LogP contribution in [0.25, 0.3) is 0 Å². The van der Waals surface area contributed by atoms with Crippen LogP contribution in [-0.4, -0.2) is 37.1 Å². The molecule has 0 saturated heterocycles. The van der Waals surface area contributed by atoms with Crippen molar-refractivity contribution in [2.45, 2.75) is 0 Å². The zero-order valence-electron chi connectivity index (χ0n) is 8.48. The topological polar surface area (TPSA) is 38.1 Å². The Balaban J connectivity index is 2.12. The summed E-state index contributed by atoms with van der Waals surface area (Å²) in [5.74, 6) is -0.496. The van der Waals surface area contributed by atoms with E-state index in [2.05, 4.69) is 13.2 Å². The molecule has 0 fully saturated rings. The number of nitrogens with zero attached hydrogens (tertiary/aromatic N) is 3. The van der Waals surface area contributed by atoms with E-state index in [-0.39, 0.29) is 0 Å². The Morgan fingerprint density at radius 1 is 1.24 bits per heavy atom. The van der Waals surface area contributed by atoms with E-state index in [1.54, 1.807) is 18.3 Å². The van der Waals surface area contributed by atoms with E-state index in [4.69, 9.17) is 11.6 Å². The van der Waals surface area contributed by atoms with E-state index in [9.17, 15) is 4.39 Å². The summed E-state index contributed by atoms with van der Waals surface area (Å²) in [5, 5.41) is 0.437. The van der Waals surface area contributed by atoms with Crippen molar-refractivity contribution in [3.63, 3.8) is 0 Å². The summed E-state index contributed by atoms with van der Waals surface area (Å²) in [4.78, 5) is 7.58. The molecule has 0 spiro atoms. The van der Waals surface area contributed by atoms with Gasteiger partial charge < -0.3 is 0 Å². The van der Waals surface area contributed by atoms with Gasteiger partial charge in [-0.1, -0.05) is 0 Å². The van der Waals surface area contributed by atoms with E-state index in [0.717, 1.165) is 16.8 Å². The average molecular weight is 352 g/mol. The molecule has 3 nitrogen and oxygen atoms in total. The molecule has 6 heteroatoms. The SMILES string of the molecule is Fc1cc(C2=[N][Sn][c]3cnc(Cl)cc32)ccn1. The second-order valence-corrected chi connectivity index (χ2v) is 6.69. The van der Waals surface area contributed by atoms with E-state index < -0.39 is 27.4 Å². The third-order valence-electron chi connectivity index (χ3n) is 2.41. The van der Waals surface area contributed by atoms with Crippen molar-refractivity contribution in [2.24, 2.45) is 3.21 Å². The van der Waals surface area contributed by atoms with Crippen LogP contribution in [0.2, 0.25) is 5.15 Å². The van der Waals surface area contributed by atoms with Crippen LogP contribution in [0.1, 0.15) is 11.1 Å². The van der Waals surface area contributed by atoms with Gasteiger partial charge in [0.05, 0.1) is 0 Å². The molecule has 1 aliphatic rings. The molecule has 0 aromatic carbocycles. The van der Waals surface area contributed by atoms with Crippen molar-refractivity contribution in [3.05, 3.63) is 52.8 Å². The van der Waals surface area contributed by atoms with Gasteiger partial charge in [-0.05, 0) is 0 Å². The molecule has 0 bridgehead atoms. The third kappa shape index (κ3) is 2.07. The Labute approximate surface area is 112 Å². The zero-order chi connectivity index (χ0) is 11.8. The monoisotopic (exact) mass is 353 g/mol. The fraction of sp³-hybridized carbons (Fsp3) is 0. The summed E-state index contributed by atoms with van der Waals surface area (Å²) < 4.78 is 18.8. The molecule has 1 aliphatic heterocycles. The first-order chi connectivity index (χ1) is 8.24. The van der Waals surface area contributed by atoms with Crippen LogP contribution in [0.3, 0.4) is 0 Å². The quantitative estimate of drug-likeness (QED) is 0.574. The van der Waals surface area contributed by atoms with Crippen LogP contribution >= 0.6 is 11.6 Å². The van der Waals surface area contributed by atoms with Crippen molar-refractivity contribution < 1.29 is 4.39 Å². The second-order valence-electron chi connectivity index (χ2n) is 3.49. The normalized spacial score (nSPS) is 13.4. The summed E-state index contributed by atoms with van der Waals surface area (Å²) >= 11 is 4.89. The minimum absolute atomic E-state index is 0.437. The first-order valence-electron chi connectivity index (χ1n) is 4.85. The van der Waals surface area contributed by atoms with Crippen LogP contribution in [0.5, 0.6) is 0 Å². The first-order valence-corrected chi connectivity index (χ1v) is 7.94. The zero-order valence-corrected chi connectivity index (χ0v) is 12.1. The van der Waals surface area contributed by atoms with Crippen molar-refractivity contribution >= 4 is 42.3 Å². The molecule has 2 aromatic rings. The molecule has 2 aromatic heterocycles. The van der Waals surface area contributed by atoms with Crippen LogP contribution in [0.15, 0.2) is 33.8 Å². The van der Waals surface area contributed by atoms with Crippen LogP contribution in [0.4, 0.5) is 4.39 Å². The number of hydrogen-bond donors (Lipinski definition) is 0. The van der Waals surface area contributed by atoms with Gasteiger partial charge in [0.1, 0.15) is 0 Å². The minimum atomic E-state index is -0.986. The summed E-state index contributed by atoms with van der Waals surface area (Å²) in [6.07, 6.45) is 3.22. The van der Waals surface area contributed by atoms with Crippen LogP contribution in [0, 0.1) is 5.95 Å². The van der Waals surface area contributed by atoms with Gasteiger partial charge in [0.2, 0.25) is 0 Å². The van der Waals surface area contributed by atoms with Crippen molar-refractivity contribution in [3.8, 4) is 0 Å². The molecular formula is C11H5ClFN3Sn. The number of rotatable bonds is 1. The van der Waals surface area contributed by atoms with Gasteiger partial charge in [0.25, 0.3) is 0 Å². The Bertz CT molecular complexity index is 630. The summed E-state index contributed by atoms with van der Waals surface area (Å²) in [7, 11) is 0. The summed E-state index contributed by atoms with van der Waals surface area (Å²) in [6, 6.07) is 4.94. The molecule has 0 atom stereocenters. The predicted octanol–water partition coefficient (Wildman–Crippen LogP) is 1.36. The number of pyridine rings is 2. The molecule has 2 radical (unpaired) electrons. The first kappa shape index (κ1) is 11.1. The average Bonchev–Trinajstić information content (AvgIpc) is 2.71. The Morgan fingerprint density at radius 3 is 2.94 bits per heavy atom. The predicted molar refractivity (Wildman–Crippen MR) is 64.5 cm³/mol. The molecule has 0 unspecified atom stereocenters.